The van der Waals surface area contributed by atoms with Crippen LogP contribution in [0.1, 0.15) is 32.6 Å². The summed E-state index contributed by atoms with van der Waals surface area (Å²) in [7, 11) is 0. The van der Waals surface area contributed by atoms with Crippen LogP contribution in [0, 0.1) is 22.0 Å². The minimum absolute atomic E-state index is 0.00547. The van der Waals surface area contributed by atoms with Crippen molar-refractivity contribution in [2.45, 2.75) is 8.65 Å². The Bertz CT molecular complexity index is 1500. The Kier molecular flexibility index (Phi) is 5.85. The second-order valence-electron chi connectivity index (χ2n) is 9.62. The summed E-state index contributed by atoms with van der Waals surface area (Å²) in [5, 5.41) is 11.0. The largest absolute Gasteiger partial charge is 0.456 e. The lowest BCUT2D eigenvalue weighted by atomic mass is 9.54. The van der Waals surface area contributed by atoms with E-state index in [1.165, 1.54) is 18.2 Å². The van der Waals surface area contributed by atoms with Gasteiger partial charge in [0.15, 0.2) is 6.61 Å². The smallest absolute Gasteiger partial charge is 0.326 e. The molecule has 0 aromatic heterocycles. The van der Waals surface area contributed by atoms with Crippen LogP contribution >= 0.6 is 31.9 Å². The molecule has 9 nitrogen and oxygen atoms in total. The summed E-state index contributed by atoms with van der Waals surface area (Å²) in [4.78, 5) is 64.1. The molecule has 2 atom stereocenters. The molecule has 11 heteroatoms. The van der Waals surface area contributed by atoms with Gasteiger partial charge in [0, 0.05) is 17.7 Å². The van der Waals surface area contributed by atoms with Gasteiger partial charge >= 0.3 is 5.97 Å². The van der Waals surface area contributed by atoms with E-state index < -0.39 is 62.1 Å². The standard InChI is InChI=1S/C28H18Br2N2O7/c29-27-17-8-1-2-9-18(17)28(30,20-11-4-3-10-19(20)27)24-23(27)25(35)31(26(24)36)13-22(34)39-14-21(33)15-6-5-7-16(12-15)32(37)38/h1-12,23-24H,13-14H2. The zero-order valence-electron chi connectivity index (χ0n) is 20.0. The normalized spacial score (nSPS) is 26.1. The first kappa shape index (κ1) is 25.6. The highest BCUT2D eigenvalue weighted by atomic mass is 79.9. The number of rotatable bonds is 6. The molecule has 196 valence electrons. The van der Waals surface area contributed by atoms with Gasteiger partial charge in [-0.3, -0.25) is 34.2 Å². The van der Waals surface area contributed by atoms with Gasteiger partial charge in [0.2, 0.25) is 17.6 Å². The van der Waals surface area contributed by atoms with Crippen molar-refractivity contribution in [3.63, 3.8) is 0 Å². The Labute approximate surface area is 238 Å². The molecule has 3 aromatic carbocycles. The summed E-state index contributed by atoms with van der Waals surface area (Å²) < 4.78 is 3.12. The fourth-order valence-corrected chi connectivity index (χ4v) is 8.38. The Balaban J connectivity index is 1.27. The maximum Gasteiger partial charge on any atom is 0.326 e. The topological polar surface area (TPSA) is 124 Å². The number of alkyl halides is 2. The van der Waals surface area contributed by atoms with Gasteiger partial charge in [-0.15, -0.1) is 0 Å². The maximum atomic E-state index is 13.8. The molecule has 0 spiro atoms. The van der Waals surface area contributed by atoms with Crippen molar-refractivity contribution in [2.75, 3.05) is 13.2 Å². The number of likely N-dealkylation sites (tertiary alicyclic amines) is 1. The van der Waals surface area contributed by atoms with Gasteiger partial charge in [0.05, 0.1) is 25.4 Å². The molecule has 1 aliphatic heterocycles. The lowest BCUT2D eigenvalue weighted by Gasteiger charge is -2.55. The van der Waals surface area contributed by atoms with Gasteiger partial charge in [-0.25, -0.2) is 0 Å². The monoisotopic (exact) mass is 652 g/mol. The van der Waals surface area contributed by atoms with Crippen LogP contribution in [-0.2, 0) is 27.8 Å². The number of non-ortho nitro benzene ring substituents is 1. The van der Waals surface area contributed by atoms with Crippen LogP contribution in [0.5, 0.6) is 0 Å². The van der Waals surface area contributed by atoms with E-state index in [9.17, 15) is 29.3 Å². The van der Waals surface area contributed by atoms with Crippen molar-refractivity contribution in [1.82, 2.24) is 4.90 Å². The number of nitro groups is 1. The van der Waals surface area contributed by atoms with E-state index in [0.29, 0.717) is 0 Å². The molecular weight excluding hydrogens is 636 g/mol. The van der Waals surface area contributed by atoms with Crippen molar-refractivity contribution in [3.05, 3.63) is 111 Å². The number of amides is 2. The number of Topliss-reactive ketones (excluding diaryl/α,β-unsaturated/α-hetero) is 1. The molecular formula is C28H18Br2N2O7. The molecule has 3 aliphatic carbocycles. The third-order valence-corrected chi connectivity index (χ3v) is 10.4. The molecule has 2 bridgehead atoms. The van der Waals surface area contributed by atoms with Crippen LogP contribution in [0.25, 0.3) is 0 Å². The van der Waals surface area contributed by atoms with Crippen molar-refractivity contribution in [2.24, 2.45) is 11.8 Å². The SMILES string of the molecule is O=C(CN1C(=O)C2C(C1=O)C1(Br)c3ccccc3C2(Br)c2ccccc21)OCC(=O)c1cccc([N+](=O)[O-])c1. The average Bonchev–Trinajstić information content (AvgIpc) is 3.20. The Morgan fingerprint density at radius 2 is 1.33 bits per heavy atom. The zero-order valence-corrected chi connectivity index (χ0v) is 23.2. The van der Waals surface area contributed by atoms with Gasteiger partial charge in [-0.05, 0) is 22.3 Å². The van der Waals surface area contributed by atoms with E-state index in [1.54, 1.807) is 0 Å². The number of esters is 1. The molecule has 2 amide bonds. The number of carbonyl (C=O) groups is 4. The number of ether oxygens (including phenoxy) is 1. The second-order valence-corrected chi connectivity index (χ2v) is 12.1. The van der Waals surface area contributed by atoms with Crippen LogP contribution < -0.4 is 0 Å². The molecule has 0 saturated carbocycles. The van der Waals surface area contributed by atoms with Gasteiger partial charge in [-0.2, -0.15) is 0 Å². The minimum Gasteiger partial charge on any atom is -0.456 e. The molecule has 3 aromatic rings. The first-order valence-corrected chi connectivity index (χ1v) is 13.5. The molecule has 0 radical (unpaired) electrons. The van der Waals surface area contributed by atoms with Crippen molar-refractivity contribution in [1.29, 1.82) is 0 Å². The summed E-state index contributed by atoms with van der Waals surface area (Å²) in [5.41, 5.74) is 3.22. The highest BCUT2D eigenvalue weighted by molar-refractivity contribution is 9.10. The molecule has 1 saturated heterocycles. The Hall–Kier alpha value is -3.70. The summed E-state index contributed by atoms with van der Waals surface area (Å²) >= 11 is 7.77. The van der Waals surface area contributed by atoms with E-state index in [1.807, 2.05) is 48.5 Å². The Morgan fingerprint density at radius 3 is 1.79 bits per heavy atom. The molecule has 0 N–H and O–H groups in total. The minimum atomic E-state index is -0.982. The first-order valence-electron chi connectivity index (χ1n) is 12.0. The van der Waals surface area contributed by atoms with Crippen LogP contribution in [0.4, 0.5) is 5.69 Å². The van der Waals surface area contributed by atoms with E-state index in [0.717, 1.165) is 33.2 Å². The van der Waals surface area contributed by atoms with Gasteiger partial charge < -0.3 is 4.74 Å². The fourth-order valence-electron chi connectivity index (χ4n) is 6.08. The summed E-state index contributed by atoms with van der Waals surface area (Å²) in [6, 6.07) is 20.3. The number of imide groups is 1. The van der Waals surface area contributed by atoms with E-state index >= 15 is 0 Å². The zero-order chi connectivity index (χ0) is 27.7. The lowest BCUT2D eigenvalue weighted by Crippen LogP contribution is -2.56. The van der Waals surface area contributed by atoms with Gasteiger partial charge in [0.1, 0.15) is 6.54 Å². The van der Waals surface area contributed by atoms with Gasteiger partial charge in [0.25, 0.3) is 5.69 Å². The third kappa shape index (κ3) is 3.49. The van der Waals surface area contributed by atoms with E-state index in [4.69, 9.17) is 4.74 Å². The number of hydrogen-bond donors (Lipinski definition) is 0. The van der Waals surface area contributed by atoms with Crippen LogP contribution in [0.15, 0.2) is 72.8 Å². The summed E-state index contributed by atoms with van der Waals surface area (Å²) in [6.45, 7) is -1.35. The number of nitrogens with zero attached hydrogens (tertiary/aromatic N) is 2. The highest BCUT2D eigenvalue weighted by Gasteiger charge is 2.72. The van der Waals surface area contributed by atoms with Gasteiger partial charge in [-0.1, -0.05) is 92.5 Å². The number of carbonyl (C=O) groups excluding carboxylic acids is 4. The molecule has 7 rings (SSSR count). The quantitative estimate of drug-likeness (QED) is 0.0974. The predicted octanol–water partition coefficient (Wildman–Crippen LogP) is 4.23. The molecule has 2 unspecified atom stereocenters. The summed E-state index contributed by atoms with van der Waals surface area (Å²) in [6.07, 6.45) is 0. The number of halogens is 2. The molecule has 1 fully saturated rings. The van der Waals surface area contributed by atoms with Crippen LogP contribution in [0.2, 0.25) is 0 Å². The number of nitro benzene ring substituents is 1. The van der Waals surface area contributed by atoms with Crippen LogP contribution in [-0.4, -0.2) is 46.5 Å². The van der Waals surface area contributed by atoms with Crippen LogP contribution in [0.3, 0.4) is 0 Å². The maximum absolute atomic E-state index is 13.8. The average molecular weight is 654 g/mol. The highest BCUT2D eigenvalue weighted by Crippen LogP contribution is 2.70. The van der Waals surface area contributed by atoms with Crippen molar-refractivity contribution in [3.8, 4) is 0 Å². The molecule has 4 aliphatic rings. The Morgan fingerprint density at radius 1 is 0.846 bits per heavy atom. The van der Waals surface area contributed by atoms with E-state index in [-0.39, 0.29) is 11.3 Å². The lowest BCUT2D eigenvalue weighted by molar-refractivity contribution is -0.384. The number of ketones is 1. The molecule has 1 heterocycles. The molecule has 39 heavy (non-hydrogen) atoms. The number of benzene rings is 3. The summed E-state index contributed by atoms with van der Waals surface area (Å²) in [5.74, 6) is -4.28. The van der Waals surface area contributed by atoms with Crippen molar-refractivity contribution < 1.29 is 28.8 Å². The number of hydrogen-bond acceptors (Lipinski definition) is 7. The predicted molar refractivity (Wildman–Crippen MR) is 144 cm³/mol. The first-order chi connectivity index (χ1) is 18.6. The second kappa shape index (κ2) is 8.92. The third-order valence-electron chi connectivity index (χ3n) is 7.71. The fraction of sp³-hybridized carbons (Fsp3) is 0.214. The van der Waals surface area contributed by atoms with Crippen molar-refractivity contribution >= 4 is 61.1 Å². The van der Waals surface area contributed by atoms with E-state index in [2.05, 4.69) is 31.9 Å².